The standard InChI is InChI=1S/C15H22O6S/c1-3-19-15(16)12-20-14-9-6-8-13(11-14)7-4-5-10-21-22(2,17)18/h6,8-9,11H,3-5,7,10,12H2,1-2H3. The summed E-state index contributed by atoms with van der Waals surface area (Å²) in [6.45, 7) is 2.15. The van der Waals surface area contributed by atoms with Crippen molar-refractivity contribution >= 4 is 16.1 Å². The van der Waals surface area contributed by atoms with Crippen LogP contribution in [-0.2, 0) is 30.3 Å². The van der Waals surface area contributed by atoms with E-state index >= 15 is 0 Å². The first-order valence-electron chi connectivity index (χ1n) is 7.12. The summed E-state index contributed by atoms with van der Waals surface area (Å²) in [7, 11) is -3.36. The molecule has 1 aromatic rings. The van der Waals surface area contributed by atoms with E-state index in [4.69, 9.17) is 9.47 Å². The average Bonchev–Trinajstić information content (AvgIpc) is 2.44. The van der Waals surface area contributed by atoms with E-state index in [0.29, 0.717) is 18.8 Å². The molecule has 22 heavy (non-hydrogen) atoms. The Bertz CT molecular complexity index is 567. The molecule has 0 atom stereocenters. The van der Waals surface area contributed by atoms with Gasteiger partial charge in [-0.1, -0.05) is 12.1 Å². The number of hydrogen-bond donors (Lipinski definition) is 0. The van der Waals surface area contributed by atoms with Crippen molar-refractivity contribution in [2.24, 2.45) is 0 Å². The molecule has 0 aliphatic rings. The highest BCUT2D eigenvalue weighted by Crippen LogP contribution is 2.15. The number of rotatable bonds is 10. The van der Waals surface area contributed by atoms with E-state index in [0.717, 1.165) is 24.7 Å². The fourth-order valence-electron chi connectivity index (χ4n) is 1.78. The molecule has 0 N–H and O–H groups in total. The molecule has 7 heteroatoms. The second kappa shape index (κ2) is 9.42. The molecule has 124 valence electrons. The number of esters is 1. The quantitative estimate of drug-likeness (QED) is 0.370. The van der Waals surface area contributed by atoms with E-state index in [1.807, 2.05) is 18.2 Å². The van der Waals surface area contributed by atoms with Gasteiger partial charge >= 0.3 is 5.97 Å². The lowest BCUT2D eigenvalue weighted by atomic mass is 10.1. The average molecular weight is 330 g/mol. The van der Waals surface area contributed by atoms with E-state index in [2.05, 4.69) is 4.18 Å². The van der Waals surface area contributed by atoms with Crippen LogP contribution in [-0.4, -0.2) is 40.5 Å². The number of carbonyl (C=O) groups is 1. The molecule has 1 aromatic carbocycles. The number of ether oxygens (including phenoxy) is 2. The third-order valence-electron chi connectivity index (χ3n) is 2.72. The maximum atomic E-state index is 11.2. The Morgan fingerprint density at radius 3 is 2.68 bits per heavy atom. The van der Waals surface area contributed by atoms with Gasteiger partial charge in [-0.3, -0.25) is 4.18 Å². The highest BCUT2D eigenvalue weighted by atomic mass is 32.2. The van der Waals surface area contributed by atoms with Crippen molar-refractivity contribution in [3.63, 3.8) is 0 Å². The van der Waals surface area contributed by atoms with E-state index in [1.165, 1.54) is 0 Å². The molecule has 0 bridgehead atoms. The SMILES string of the molecule is CCOC(=O)COc1cccc(CCCCOS(C)(=O)=O)c1. The summed E-state index contributed by atoms with van der Waals surface area (Å²) in [4.78, 5) is 11.2. The van der Waals surface area contributed by atoms with Crippen molar-refractivity contribution in [1.29, 1.82) is 0 Å². The third-order valence-corrected chi connectivity index (χ3v) is 3.31. The summed E-state index contributed by atoms with van der Waals surface area (Å²) >= 11 is 0. The molecule has 0 radical (unpaired) electrons. The van der Waals surface area contributed by atoms with Crippen LogP contribution < -0.4 is 4.74 Å². The van der Waals surface area contributed by atoms with Crippen molar-refractivity contribution in [1.82, 2.24) is 0 Å². The van der Waals surface area contributed by atoms with Gasteiger partial charge in [0.1, 0.15) is 5.75 Å². The smallest absolute Gasteiger partial charge is 0.344 e. The van der Waals surface area contributed by atoms with E-state index in [9.17, 15) is 13.2 Å². The van der Waals surface area contributed by atoms with Crippen LogP contribution in [0.2, 0.25) is 0 Å². The molecular formula is C15H22O6S. The molecule has 0 saturated heterocycles. The van der Waals surface area contributed by atoms with Crippen molar-refractivity contribution in [2.75, 3.05) is 26.1 Å². The van der Waals surface area contributed by atoms with Crippen molar-refractivity contribution < 1.29 is 26.9 Å². The Morgan fingerprint density at radius 2 is 2.00 bits per heavy atom. The Hall–Kier alpha value is -1.60. The zero-order valence-corrected chi connectivity index (χ0v) is 13.7. The molecule has 0 aliphatic carbocycles. The monoisotopic (exact) mass is 330 g/mol. The second-order valence-electron chi connectivity index (χ2n) is 4.72. The maximum absolute atomic E-state index is 11.2. The van der Waals surface area contributed by atoms with E-state index < -0.39 is 16.1 Å². The minimum absolute atomic E-state index is 0.112. The minimum Gasteiger partial charge on any atom is -0.482 e. The fourth-order valence-corrected chi connectivity index (χ4v) is 2.20. The van der Waals surface area contributed by atoms with Crippen LogP contribution in [0.1, 0.15) is 25.3 Å². The van der Waals surface area contributed by atoms with Gasteiger partial charge in [-0.25, -0.2) is 4.79 Å². The molecule has 0 aromatic heterocycles. The predicted molar refractivity (Wildman–Crippen MR) is 82.3 cm³/mol. The van der Waals surface area contributed by atoms with Gasteiger partial charge in [-0.2, -0.15) is 8.42 Å². The van der Waals surface area contributed by atoms with Crippen LogP contribution in [0.4, 0.5) is 0 Å². The van der Waals surface area contributed by atoms with Gasteiger partial charge in [0.05, 0.1) is 19.5 Å². The maximum Gasteiger partial charge on any atom is 0.344 e. The van der Waals surface area contributed by atoms with E-state index in [1.54, 1.807) is 13.0 Å². The third kappa shape index (κ3) is 8.63. The van der Waals surface area contributed by atoms with Crippen LogP contribution in [0.25, 0.3) is 0 Å². The molecule has 0 spiro atoms. The Balaban J connectivity index is 2.33. The first-order valence-corrected chi connectivity index (χ1v) is 8.94. The Labute approximate surface area is 131 Å². The zero-order valence-electron chi connectivity index (χ0n) is 12.9. The van der Waals surface area contributed by atoms with Crippen LogP contribution in [0, 0.1) is 0 Å². The Kier molecular flexibility index (Phi) is 7.90. The lowest BCUT2D eigenvalue weighted by Gasteiger charge is -2.08. The predicted octanol–water partition coefficient (Wildman–Crippen LogP) is 1.93. The first kappa shape index (κ1) is 18.4. The number of benzene rings is 1. The van der Waals surface area contributed by atoms with Gasteiger partial charge in [0.15, 0.2) is 6.61 Å². The lowest BCUT2D eigenvalue weighted by Crippen LogP contribution is -2.14. The molecule has 1 rings (SSSR count). The summed E-state index contributed by atoms with van der Waals surface area (Å²) in [6, 6.07) is 7.43. The van der Waals surface area contributed by atoms with Crippen molar-refractivity contribution in [3.8, 4) is 5.75 Å². The van der Waals surface area contributed by atoms with Gasteiger partial charge in [0.2, 0.25) is 0 Å². The summed E-state index contributed by atoms with van der Waals surface area (Å²) in [5, 5.41) is 0. The Morgan fingerprint density at radius 1 is 1.23 bits per heavy atom. The molecule has 6 nitrogen and oxygen atoms in total. The molecule has 0 saturated carbocycles. The second-order valence-corrected chi connectivity index (χ2v) is 6.37. The van der Waals surface area contributed by atoms with Gasteiger partial charge in [0, 0.05) is 0 Å². The summed E-state index contributed by atoms with van der Waals surface area (Å²) < 4.78 is 36.4. The molecule has 0 fully saturated rings. The molecule has 0 heterocycles. The normalized spacial score (nSPS) is 11.2. The molecule has 0 aliphatic heterocycles. The fraction of sp³-hybridized carbons (Fsp3) is 0.533. The van der Waals surface area contributed by atoms with Crippen LogP contribution in [0.5, 0.6) is 5.75 Å². The van der Waals surface area contributed by atoms with Gasteiger partial charge in [-0.15, -0.1) is 0 Å². The largest absolute Gasteiger partial charge is 0.482 e. The lowest BCUT2D eigenvalue weighted by molar-refractivity contribution is -0.145. The van der Waals surface area contributed by atoms with Gasteiger partial charge < -0.3 is 9.47 Å². The number of hydrogen-bond acceptors (Lipinski definition) is 6. The van der Waals surface area contributed by atoms with Crippen molar-refractivity contribution in [2.45, 2.75) is 26.2 Å². The number of unbranched alkanes of at least 4 members (excludes halogenated alkanes) is 1. The van der Waals surface area contributed by atoms with Crippen molar-refractivity contribution in [3.05, 3.63) is 29.8 Å². The van der Waals surface area contributed by atoms with Crippen LogP contribution in [0.3, 0.4) is 0 Å². The summed E-state index contributed by atoms with van der Waals surface area (Å²) in [6.07, 6.45) is 3.28. The summed E-state index contributed by atoms with van der Waals surface area (Å²) in [5.41, 5.74) is 1.06. The van der Waals surface area contributed by atoms with Crippen LogP contribution >= 0.6 is 0 Å². The molecule has 0 amide bonds. The van der Waals surface area contributed by atoms with Gasteiger partial charge in [-0.05, 0) is 43.9 Å². The molecule has 0 unspecified atom stereocenters. The topological polar surface area (TPSA) is 78.9 Å². The summed E-state index contributed by atoms with van der Waals surface area (Å²) in [5.74, 6) is 0.212. The number of carbonyl (C=O) groups excluding carboxylic acids is 1. The molecular weight excluding hydrogens is 308 g/mol. The minimum atomic E-state index is -3.36. The number of aryl methyl sites for hydroxylation is 1. The highest BCUT2D eigenvalue weighted by molar-refractivity contribution is 7.85. The van der Waals surface area contributed by atoms with Gasteiger partial charge in [0.25, 0.3) is 10.1 Å². The highest BCUT2D eigenvalue weighted by Gasteiger charge is 2.04. The first-order chi connectivity index (χ1) is 10.4. The zero-order chi connectivity index (χ0) is 16.4. The van der Waals surface area contributed by atoms with Crippen LogP contribution in [0.15, 0.2) is 24.3 Å². The van der Waals surface area contributed by atoms with E-state index in [-0.39, 0.29) is 13.2 Å².